The largest absolute Gasteiger partial charge is 2.00 e. The van der Waals surface area contributed by atoms with E-state index in [9.17, 15) is 24.3 Å². The molecular weight excluding hydrogens is 1270 g/mol. The van der Waals surface area contributed by atoms with E-state index in [1.807, 2.05) is 84.9 Å². The molecule has 0 radical (unpaired) electrons. The van der Waals surface area contributed by atoms with Crippen molar-refractivity contribution in [2.24, 2.45) is 0 Å². The van der Waals surface area contributed by atoms with Crippen molar-refractivity contribution in [2.45, 2.75) is 67.9 Å². The summed E-state index contributed by atoms with van der Waals surface area (Å²) in [5, 5.41) is 29.7. The molecule has 3 fully saturated rings. The minimum atomic E-state index is -1.23. The number of benzene rings is 10. The second kappa shape index (κ2) is 36.4. The maximum Gasteiger partial charge on any atom is 2.00 e. The van der Waals surface area contributed by atoms with Crippen molar-refractivity contribution in [3.63, 3.8) is 0 Å². The Balaban J connectivity index is 0.000000447. The van der Waals surface area contributed by atoms with Crippen molar-refractivity contribution < 1.29 is 63.0 Å². The van der Waals surface area contributed by atoms with Crippen LogP contribution in [-0.4, -0.2) is 101 Å². The first-order valence-electron chi connectivity index (χ1n) is 29.1. The van der Waals surface area contributed by atoms with Gasteiger partial charge in [-0.2, -0.15) is 24.3 Å². The molecule has 3 N–H and O–H groups in total. The molecule has 91 heavy (non-hydrogen) atoms. The van der Waals surface area contributed by atoms with Crippen molar-refractivity contribution in [1.29, 1.82) is 0 Å². The molecule has 10 nitrogen and oxygen atoms in total. The molecule has 0 unspecified atom stereocenters. The van der Waals surface area contributed by atoms with Crippen LogP contribution in [0.3, 0.4) is 0 Å². The Morgan fingerprint density at radius 1 is 0.571 bits per heavy atom. The van der Waals surface area contributed by atoms with E-state index in [1.165, 1.54) is 40.8 Å². The fraction of sp³-hybridized carbons (Fsp3) is 0.200. The van der Waals surface area contributed by atoms with Crippen LogP contribution in [0.1, 0.15) is 63.6 Å². The molecule has 10 aromatic carbocycles. The van der Waals surface area contributed by atoms with Crippen LogP contribution < -0.4 is 27.6 Å². The van der Waals surface area contributed by atoms with Crippen molar-refractivity contribution >= 4 is 124 Å². The van der Waals surface area contributed by atoms with Gasteiger partial charge >= 0.3 is 35.0 Å². The van der Waals surface area contributed by atoms with E-state index < -0.39 is 28.5 Å². The van der Waals surface area contributed by atoms with Gasteiger partial charge in [-0.05, 0) is 154 Å². The maximum absolute atomic E-state index is 13.0. The summed E-state index contributed by atoms with van der Waals surface area (Å²) in [7, 11) is 1.42. The fourth-order valence-corrected chi connectivity index (χ4v) is 11.9. The van der Waals surface area contributed by atoms with E-state index in [0.29, 0.717) is 13.0 Å². The van der Waals surface area contributed by atoms with Crippen LogP contribution in [0.5, 0.6) is 0 Å². The number of aliphatic hydroxyl groups is 1. The Kier molecular flexibility index (Phi) is 30.3. The van der Waals surface area contributed by atoms with Crippen LogP contribution in [-0.2, 0) is 39.9 Å². The van der Waals surface area contributed by atoms with Gasteiger partial charge in [0.25, 0.3) is 0 Å². The number of ether oxygens (including phenoxy) is 2. The predicted molar refractivity (Wildman–Crippen MR) is 371 cm³/mol. The first-order valence-corrected chi connectivity index (χ1v) is 29.5. The van der Waals surface area contributed by atoms with Crippen LogP contribution in [0.4, 0.5) is 9.41 Å². The third-order valence-corrected chi connectivity index (χ3v) is 16.4. The SMILES string of the molecule is C=CC(=O)Cl.C=CC(=O)OC(c1ccc2ccccc2c1)(c1ccc2ccccc2c1)[C@@H]1CCCN1C(=O)C=C.COC(=O)[C@@H]1CCCN1.Cl.F.F.OC(c1ccc2ccccc2c1)(c1ccc2ccccc2c1)[C@@H]1CCCN1.[3HH].[3HH].[Br-].[Mg+2].[c-]1ccc2ccccc2c1. The minimum absolute atomic E-state index is 0. The van der Waals surface area contributed by atoms with E-state index in [-0.39, 0.29) is 88.7 Å². The number of carbonyl (C=O) groups excluding carboxylic acids is 4. The average Bonchev–Trinajstić information content (AvgIpc) is 1.71. The number of hydrogen-bond donors (Lipinski definition) is 3. The average molecular weight is 1350 g/mol. The zero-order valence-electron chi connectivity index (χ0n) is 50.7. The van der Waals surface area contributed by atoms with E-state index in [1.54, 1.807) is 4.90 Å². The summed E-state index contributed by atoms with van der Waals surface area (Å²) >= 11 is 4.71. The number of hydrogen-bond acceptors (Lipinski definition) is 9. The van der Waals surface area contributed by atoms with E-state index in [0.717, 1.165) is 106 Å². The first-order chi connectivity index (χ1) is 41.9. The van der Waals surface area contributed by atoms with Gasteiger partial charge in [0.1, 0.15) is 11.6 Å². The molecule has 0 saturated carbocycles. The van der Waals surface area contributed by atoms with Gasteiger partial charge in [-0.3, -0.25) is 23.8 Å². The number of allylic oxidation sites excluding steroid dienone is 1. The van der Waals surface area contributed by atoms with Gasteiger partial charge in [0, 0.05) is 32.6 Å². The van der Waals surface area contributed by atoms with Crippen molar-refractivity contribution in [2.75, 3.05) is 26.7 Å². The number of carbonyl (C=O) groups is 4. The van der Waals surface area contributed by atoms with Gasteiger partial charge in [0.05, 0.1) is 13.2 Å². The van der Waals surface area contributed by atoms with Crippen LogP contribution in [0.2, 0.25) is 0 Å². The number of amides is 1. The molecule has 0 aromatic heterocycles. The van der Waals surface area contributed by atoms with Crippen molar-refractivity contribution in [3.05, 3.63) is 279 Å². The maximum atomic E-state index is 13.0. The summed E-state index contributed by atoms with van der Waals surface area (Å²) in [5.74, 6) is -0.843. The summed E-state index contributed by atoms with van der Waals surface area (Å²) in [4.78, 5) is 47.9. The molecule has 3 aliphatic rings. The summed E-state index contributed by atoms with van der Waals surface area (Å²) in [6, 6.07) is 74.6. The van der Waals surface area contributed by atoms with E-state index >= 15 is 0 Å². The zero-order valence-corrected chi connectivity index (χ0v) is 55.3. The van der Waals surface area contributed by atoms with Crippen LogP contribution in [0, 0.1) is 6.07 Å². The molecule has 16 heteroatoms. The number of esters is 2. The van der Waals surface area contributed by atoms with Crippen LogP contribution in [0.25, 0.3) is 53.9 Å². The summed E-state index contributed by atoms with van der Waals surface area (Å²) < 4.78 is 10.9. The fourth-order valence-electron chi connectivity index (χ4n) is 11.9. The number of rotatable bonds is 11. The van der Waals surface area contributed by atoms with E-state index in [2.05, 4.69) is 169 Å². The van der Waals surface area contributed by atoms with E-state index in [4.69, 9.17) is 16.3 Å². The monoisotopic (exact) mass is 1350 g/mol. The zero-order chi connectivity index (χ0) is 60.5. The minimum Gasteiger partial charge on any atom is -1.00 e. The number of methoxy groups -OCH3 is 1. The number of nitrogens with zero attached hydrogens (tertiary/aromatic N) is 1. The summed E-state index contributed by atoms with van der Waals surface area (Å²) in [6.45, 7) is 12.9. The number of halogens is 5. The van der Waals surface area contributed by atoms with Gasteiger partial charge in [-0.15, -0.1) is 29.2 Å². The molecule has 3 atom stereocenters. The van der Waals surface area contributed by atoms with Gasteiger partial charge in [0.2, 0.25) is 11.1 Å². The quantitative estimate of drug-likeness (QED) is 0.0380. The van der Waals surface area contributed by atoms with Crippen molar-refractivity contribution in [1.82, 2.24) is 15.5 Å². The molecule has 3 saturated heterocycles. The van der Waals surface area contributed by atoms with Gasteiger partial charge < -0.3 is 47.1 Å². The third-order valence-electron chi connectivity index (χ3n) is 16.2. The molecule has 3 heterocycles. The second-order valence-corrected chi connectivity index (χ2v) is 21.7. The Bertz CT molecular complexity index is 3860. The molecule has 0 spiro atoms. The molecular formula is C75H78BrCl2F2MgN3O7. The molecule has 3 aliphatic heterocycles. The Morgan fingerprint density at radius 3 is 1.36 bits per heavy atom. The molecule has 0 bridgehead atoms. The smallest absolute Gasteiger partial charge is 1.00 e. The Morgan fingerprint density at radius 2 is 0.978 bits per heavy atom. The second-order valence-electron chi connectivity index (χ2n) is 21.4. The van der Waals surface area contributed by atoms with Crippen LogP contribution >= 0.6 is 24.0 Å². The van der Waals surface area contributed by atoms with Crippen molar-refractivity contribution in [3.8, 4) is 0 Å². The summed E-state index contributed by atoms with van der Waals surface area (Å²) in [6.07, 6.45) is 9.12. The Labute approximate surface area is 571 Å². The normalized spacial score (nSPS) is 15.3. The topological polar surface area (TPSA) is 134 Å². The molecule has 472 valence electrons. The third kappa shape index (κ3) is 18.1. The molecule has 10 aromatic rings. The van der Waals surface area contributed by atoms with Crippen LogP contribution in [0.15, 0.2) is 250 Å². The standard InChI is InChI=1S/C31H27NO3.C25H23NO.C10H7.C6H11NO2.C3H3ClO.BrH.ClH.2FH.Mg.2H2/c1-3-29(33)32-19-9-14-28(32)31(35-30(34)4-2,26-17-15-22-10-5-7-12-24(22)20-26)27-18-16-23-11-6-8-13-25(23)21-27;27-25(24-10-5-15-26-24,22-13-11-18-6-1-3-8-20(18)16-22)23-14-12-19-7-2-4-9-21(19)17-23;1-2-6-10-8-4-3-7-9(10)5-1;1-9-6(8)5-3-2-4-7-5;1-2-3(4)5;;;;;;;/h3-8,10-13,15-18,20-21,28H,1-2,9,14,19H2;1-4,6-9,11-14,16-17,24,26-27H,5,10,15H2;1-3,5-8H;5,7H,2-4H2,1H3;2H,1H2;4*1H;;2*1H/q;;-1;;;;;;;+2;;/p-1/t28-;24-;;5-;;;;;;;;/m00.0......../s1/i;;;;;;;;;;2*1+2. The predicted octanol–water partition coefficient (Wildman–Crippen LogP) is 12.5. The number of likely N-dealkylation sites (tertiary alicyclic amines) is 1. The number of nitrogens with one attached hydrogen (secondary N) is 2. The number of fused-ring (bicyclic) bond motifs is 5. The van der Waals surface area contributed by atoms with Gasteiger partial charge in [0.15, 0.2) is 5.60 Å². The first kappa shape index (κ1) is 75.8. The summed E-state index contributed by atoms with van der Waals surface area (Å²) in [5.41, 5.74) is 1.26. The van der Waals surface area contributed by atoms with Gasteiger partial charge in [-0.25, -0.2) is 4.79 Å². The Hall–Kier alpha value is -7.63. The molecule has 1 amide bonds. The molecule has 0 aliphatic carbocycles. The van der Waals surface area contributed by atoms with Gasteiger partial charge in [-0.1, -0.05) is 184 Å². The molecule has 13 rings (SSSR count).